The zero-order chi connectivity index (χ0) is 13.1. The van der Waals surface area contributed by atoms with Crippen LogP contribution in [0.2, 0.25) is 0 Å². The average molecular weight is 400 g/mol. The SMILES string of the molecule is CCCC(O)C(=O)[Se-].CCCC(O)C(=O)[Se-].[Ca+2]. The standard InChI is InChI=1S/2C5H10O2Se.Ca/c2*1-2-3-4(6)5(7)8;/h2*4,6H,2-3H2,1H3,(H,7,8);/q;;+2/p-2. The van der Waals surface area contributed by atoms with Crippen LogP contribution < -0.4 is 0 Å². The molecule has 0 heterocycles. The van der Waals surface area contributed by atoms with Crippen LogP contribution in [0.4, 0.5) is 0 Å². The molecule has 0 aromatic heterocycles. The summed E-state index contributed by atoms with van der Waals surface area (Å²) in [5, 5.41) is 17.5. The van der Waals surface area contributed by atoms with Gasteiger partial charge < -0.3 is 0 Å². The van der Waals surface area contributed by atoms with Gasteiger partial charge in [0.2, 0.25) is 0 Å². The molecule has 2 N–H and O–H groups in total. The van der Waals surface area contributed by atoms with E-state index in [-0.39, 0.29) is 47.1 Å². The van der Waals surface area contributed by atoms with Gasteiger partial charge in [-0.2, -0.15) is 0 Å². The van der Waals surface area contributed by atoms with Crippen molar-refractivity contribution in [3.63, 3.8) is 0 Å². The van der Waals surface area contributed by atoms with Crippen LogP contribution in [-0.2, 0) is 9.59 Å². The van der Waals surface area contributed by atoms with Gasteiger partial charge in [0.15, 0.2) is 0 Å². The van der Waals surface area contributed by atoms with Crippen molar-refractivity contribution in [3.8, 4) is 0 Å². The third-order valence-electron chi connectivity index (χ3n) is 1.67. The summed E-state index contributed by atoms with van der Waals surface area (Å²) in [7, 11) is 0. The molecule has 0 spiro atoms. The molecule has 0 aromatic rings. The Balaban J connectivity index is -0.000000218. The molecule has 0 saturated carbocycles. The quantitative estimate of drug-likeness (QED) is 0.579. The normalized spacial score (nSPS) is 12.5. The van der Waals surface area contributed by atoms with E-state index in [0.29, 0.717) is 12.8 Å². The summed E-state index contributed by atoms with van der Waals surface area (Å²) in [6.45, 7) is 3.85. The first-order valence-corrected chi connectivity index (χ1v) is 6.85. The van der Waals surface area contributed by atoms with Gasteiger partial charge in [0.1, 0.15) is 0 Å². The van der Waals surface area contributed by atoms with Crippen molar-refractivity contribution in [2.45, 2.75) is 51.7 Å². The summed E-state index contributed by atoms with van der Waals surface area (Å²) in [6.07, 6.45) is 1.25. The smallest absolute Gasteiger partial charge is 2.00 e. The number of hydrogen-bond acceptors (Lipinski definition) is 4. The first-order valence-electron chi connectivity index (χ1n) is 5.14. The van der Waals surface area contributed by atoms with Crippen molar-refractivity contribution in [2.24, 2.45) is 0 Å². The van der Waals surface area contributed by atoms with E-state index in [1.807, 2.05) is 13.8 Å². The minimum atomic E-state index is -0.778. The molecule has 0 aliphatic carbocycles. The Hall–Kier alpha value is 1.56. The van der Waals surface area contributed by atoms with Gasteiger partial charge in [0.25, 0.3) is 0 Å². The molecule has 0 amide bonds. The molecule has 17 heavy (non-hydrogen) atoms. The number of hydrogen-bond donors (Lipinski definition) is 2. The maximum atomic E-state index is 10.2. The van der Waals surface area contributed by atoms with Gasteiger partial charge in [0, 0.05) is 0 Å². The second-order valence-electron chi connectivity index (χ2n) is 3.25. The Morgan fingerprint density at radius 2 is 1.18 bits per heavy atom. The van der Waals surface area contributed by atoms with Crippen LogP contribution in [0.25, 0.3) is 0 Å². The summed E-state index contributed by atoms with van der Waals surface area (Å²) in [4.78, 5) is 20.5. The maximum Gasteiger partial charge on any atom is 2.00 e. The Kier molecular flexibility index (Phi) is 21.7. The minimum absolute atomic E-state index is 0. The topological polar surface area (TPSA) is 74.6 Å². The summed E-state index contributed by atoms with van der Waals surface area (Å²) < 4.78 is -0.515. The predicted octanol–water partition coefficient (Wildman–Crippen LogP) is -0.696. The van der Waals surface area contributed by atoms with Gasteiger partial charge in [-0.25, -0.2) is 0 Å². The molecule has 96 valence electrons. The van der Waals surface area contributed by atoms with E-state index in [0.717, 1.165) is 12.8 Å². The van der Waals surface area contributed by atoms with Crippen molar-refractivity contribution in [1.29, 1.82) is 0 Å². The van der Waals surface area contributed by atoms with Crippen LogP contribution in [0.3, 0.4) is 0 Å². The van der Waals surface area contributed by atoms with Gasteiger partial charge in [0.05, 0.1) is 0 Å². The van der Waals surface area contributed by atoms with E-state index < -0.39 is 12.2 Å². The van der Waals surface area contributed by atoms with E-state index in [9.17, 15) is 9.59 Å². The monoisotopic (exact) mass is 402 g/mol. The summed E-state index contributed by atoms with van der Waals surface area (Å²) in [6, 6.07) is 0. The Morgan fingerprint density at radius 1 is 0.941 bits per heavy atom. The Labute approximate surface area is 149 Å². The fourth-order valence-corrected chi connectivity index (χ4v) is 1.28. The second-order valence-corrected chi connectivity index (χ2v) is 4.94. The van der Waals surface area contributed by atoms with Crippen LogP contribution in [0.15, 0.2) is 0 Å². The van der Waals surface area contributed by atoms with Crippen LogP contribution >= 0.6 is 0 Å². The third-order valence-corrected chi connectivity index (χ3v) is 2.81. The molecule has 0 bridgehead atoms. The molecule has 0 rings (SSSR count). The molecular formula is C10H18CaO4Se2. The molecule has 0 aromatic carbocycles. The molecular weight excluding hydrogens is 382 g/mol. The van der Waals surface area contributed by atoms with Crippen molar-refractivity contribution in [2.75, 3.05) is 0 Å². The first-order chi connectivity index (χ1) is 7.36. The third kappa shape index (κ3) is 17.6. The molecule has 2 unspecified atom stereocenters. The Morgan fingerprint density at radius 3 is 1.24 bits per heavy atom. The number of carbonyl (C=O) groups is 2. The first kappa shape index (κ1) is 23.6. The molecule has 4 nitrogen and oxygen atoms in total. The van der Waals surface area contributed by atoms with Gasteiger partial charge in [-0.15, -0.1) is 0 Å². The van der Waals surface area contributed by atoms with E-state index in [1.165, 1.54) is 0 Å². The molecule has 0 radical (unpaired) electrons. The van der Waals surface area contributed by atoms with E-state index in [2.05, 4.69) is 32.0 Å². The number of carbonyl (C=O) groups excluding carboxylic acids is 2. The van der Waals surface area contributed by atoms with Crippen LogP contribution in [0.1, 0.15) is 39.5 Å². The van der Waals surface area contributed by atoms with Gasteiger partial charge in [-0.05, 0) is 0 Å². The fraction of sp³-hybridized carbons (Fsp3) is 0.800. The zero-order valence-corrected chi connectivity index (χ0v) is 15.9. The fourth-order valence-electron chi connectivity index (χ4n) is 0.783. The van der Waals surface area contributed by atoms with Crippen molar-refractivity contribution < 1.29 is 19.8 Å². The molecule has 0 aliphatic heterocycles. The van der Waals surface area contributed by atoms with E-state index in [1.54, 1.807) is 0 Å². The van der Waals surface area contributed by atoms with Crippen molar-refractivity contribution in [3.05, 3.63) is 0 Å². The Bertz CT molecular complexity index is 192. The number of aliphatic hydroxyl groups is 2. The number of aliphatic hydroxyl groups excluding tert-OH is 2. The summed E-state index contributed by atoms with van der Waals surface area (Å²) >= 11 is 4.47. The molecule has 0 aliphatic rings. The number of rotatable bonds is 6. The molecule has 0 saturated heterocycles. The summed E-state index contributed by atoms with van der Waals surface area (Å²) in [5.41, 5.74) is 0. The molecule has 2 atom stereocenters. The van der Waals surface area contributed by atoms with E-state index in [4.69, 9.17) is 10.2 Å². The van der Waals surface area contributed by atoms with Gasteiger partial charge in [-0.1, -0.05) is 0 Å². The summed E-state index contributed by atoms with van der Waals surface area (Å²) in [5.74, 6) is 0. The van der Waals surface area contributed by atoms with Crippen LogP contribution in [0, 0.1) is 0 Å². The molecule has 0 fully saturated rings. The second kappa shape index (κ2) is 15.6. The van der Waals surface area contributed by atoms with Crippen LogP contribution in [0.5, 0.6) is 0 Å². The predicted molar refractivity (Wildman–Crippen MR) is 69.1 cm³/mol. The van der Waals surface area contributed by atoms with Crippen molar-refractivity contribution in [1.82, 2.24) is 0 Å². The average Bonchev–Trinajstić information content (AvgIpc) is 2.19. The van der Waals surface area contributed by atoms with Gasteiger partial charge in [-0.3, -0.25) is 0 Å². The zero-order valence-electron chi connectivity index (χ0n) is 10.2. The maximum absolute atomic E-state index is 10.2. The molecule has 7 heteroatoms. The largest absolute Gasteiger partial charge is 2.00 e. The van der Waals surface area contributed by atoms with Crippen LogP contribution in [-0.4, -0.2) is 102 Å². The van der Waals surface area contributed by atoms with Crippen molar-refractivity contribution >= 4 is 79.1 Å². The minimum Gasteiger partial charge on any atom is 2.00 e. The van der Waals surface area contributed by atoms with Gasteiger partial charge >= 0.3 is 151 Å². The van der Waals surface area contributed by atoms with E-state index >= 15 is 0 Å².